The summed E-state index contributed by atoms with van der Waals surface area (Å²) < 4.78 is 30.7. The minimum atomic E-state index is -4.16. The molecule has 0 heterocycles. The molecule has 6 nitrogen and oxygen atoms in total. The zero-order chi connectivity index (χ0) is 17.1. The smallest absolute Gasteiger partial charge is 0.294 e. The maximum atomic E-state index is 10.9. The Morgan fingerprint density at radius 1 is 1.09 bits per heavy atom. The summed E-state index contributed by atoms with van der Waals surface area (Å²) in [6, 6.07) is 5.69. The number of nitrogens with one attached hydrogen (secondary N) is 3. The summed E-state index contributed by atoms with van der Waals surface area (Å²) in [6.45, 7) is 3.02. The highest BCUT2D eigenvalue weighted by atomic mass is 32.2. The quantitative estimate of drug-likeness (QED) is 0.221. The first-order chi connectivity index (χ1) is 10.9. The van der Waals surface area contributed by atoms with E-state index in [1.54, 1.807) is 0 Å². The third kappa shape index (κ3) is 8.73. The number of hydrogen-bond acceptors (Lipinski definition) is 4. The van der Waals surface area contributed by atoms with Crippen LogP contribution in [0.5, 0.6) is 0 Å². The molecule has 0 radical (unpaired) electrons. The van der Waals surface area contributed by atoms with Crippen LogP contribution >= 0.6 is 12.2 Å². The zero-order valence-electron chi connectivity index (χ0n) is 13.3. The van der Waals surface area contributed by atoms with Gasteiger partial charge in [-0.2, -0.15) is 8.42 Å². The molecule has 0 saturated carbocycles. The molecule has 0 aliphatic heterocycles. The Morgan fingerprint density at radius 2 is 1.70 bits per heavy atom. The first-order valence-electron chi connectivity index (χ1n) is 7.81. The third-order valence-electron chi connectivity index (χ3n) is 3.29. The van der Waals surface area contributed by atoms with Crippen molar-refractivity contribution in [2.75, 3.05) is 12.0 Å². The summed E-state index contributed by atoms with van der Waals surface area (Å²) in [5.74, 6) is 0. The molecule has 0 aromatic heterocycles. The molecular weight excluding hydrogens is 334 g/mol. The average Bonchev–Trinajstić information content (AvgIpc) is 2.51. The van der Waals surface area contributed by atoms with Crippen molar-refractivity contribution in [3.8, 4) is 0 Å². The van der Waals surface area contributed by atoms with Gasteiger partial charge in [0, 0.05) is 6.54 Å². The van der Waals surface area contributed by atoms with Crippen molar-refractivity contribution >= 4 is 33.1 Å². The Labute approximate surface area is 143 Å². The van der Waals surface area contributed by atoms with Gasteiger partial charge in [-0.15, -0.1) is 0 Å². The molecule has 130 valence electrons. The summed E-state index contributed by atoms with van der Waals surface area (Å²) in [4.78, 5) is -0.146. The molecule has 0 fully saturated rings. The van der Waals surface area contributed by atoms with Crippen LogP contribution in [0.3, 0.4) is 0 Å². The minimum absolute atomic E-state index is 0.146. The van der Waals surface area contributed by atoms with Crippen LogP contribution in [0.15, 0.2) is 29.2 Å². The van der Waals surface area contributed by atoms with Gasteiger partial charge in [0.25, 0.3) is 10.1 Å². The van der Waals surface area contributed by atoms with Gasteiger partial charge in [0.2, 0.25) is 0 Å². The Bertz CT molecular complexity index is 574. The Balaban J connectivity index is 2.18. The molecule has 1 aromatic rings. The number of thiocarbonyl (C=S) groups is 1. The van der Waals surface area contributed by atoms with Crippen LogP contribution in [0.25, 0.3) is 0 Å². The number of benzene rings is 1. The van der Waals surface area contributed by atoms with E-state index in [1.807, 2.05) is 0 Å². The first kappa shape index (κ1) is 19.7. The van der Waals surface area contributed by atoms with Crippen molar-refractivity contribution in [1.29, 1.82) is 0 Å². The normalized spacial score (nSPS) is 11.0. The van der Waals surface area contributed by atoms with E-state index < -0.39 is 10.1 Å². The molecule has 23 heavy (non-hydrogen) atoms. The lowest BCUT2D eigenvalue weighted by molar-refractivity contribution is 0.483. The van der Waals surface area contributed by atoms with Crippen LogP contribution in [0, 0.1) is 0 Å². The molecule has 0 spiro atoms. The van der Waals surface area contributed by atoms with Crippen LogP contribution in [0.1, 0.15) is 45.4 Å². The second-order valence-electron chi connectivity index (χ2n) is 5.27. The van der Waals surface area contributed by atoms with Crippen molar-refractivity contribution in [3.05, 3.63) is 24.3 Å². The maximum absolute atomic E-state index is 10.9. The first-order valence-corrected chi connectivity index (χ1v) is 9.65. The Kier molecular flexibility index (Phi) is 8.90. The summed E-state index contributed by atoms with van der Waals surface area (Å²) in [5.41, 5.74) is 6.33. The van der Waals surface area contributed by atoms with Crippen LogP contribution in [-0.2, 0) is 10.1 Å². The van der Waals surface area contributed by atoms with Gasteiger partial charge < -0.3 is 5.32 Å². The van der Waals surface area contributed by atoms with Crippen LogP contribution < -0.4 is 16.2 Å². The summed E-state index contributed by atoms with van der Waals surface area (Å²) in [7, 11) is -4.16. The van der Waals surface area contributed by atoms with Crippen molar-refractivity contribution in [2.24, 2.45) is 0 Å². The van der Waals surface area contributed by atoms with Crippen molar-refractivity contribution in [3.63, 3.8) is 0 Å². The molecule has 0 saturated heterocycles. The summed E-state index contributed by atoms with van der Waals surface area (Å²) in [6.07, 6.45) is 7.37. The van der Waals surface area contributed by atoms with Gasteiger partial charge in [-0.1, -0.05) is 39.0 Å². The predicted molar refractivity (Wildman–Crippen MR) is 97.0 cm³/mol. The Morgan fingerprint density at radius 3 is 2.30 bits per heavy atom. The lowest BCUT2D eigenvalue weighted by atomic mass is 10.1. The van der Waals surface area contributed by atoms with E-state index >= 15 is 0 Å². The predicted octanol–water partition coefficient (Wildman–Crippen LogP) is 3.08. The molecule has 0 aliphatic carbocycles. The van der Waals surface area contributed by atoms with Crippen LogP contribution in [-0.4, -0.2) is 24.6 Å². The van der Waals surface area contributed by atoms with Crippen molar-refractivity contribution in [1.82, 2.24) is 10.7 Å². The molecule has 1 rings (SSSR count). The number of anilines is 1. The van der Waals surface area contributed by atoms with Gasteiger partial charge >= 0.3 is 0 Å². The highest BCUT2D eigenvalue weighted by Gasteiger charge is 2.08. The molecule has 0 bridgehead atoms. The van der Waals surface area contributed by atoms with Gasteiger partial charge in [0.05, 0.1) is 10.6 Å². The van der Waals surface area contributed by atoms with Gasteiger partial charge in [0.1, 0.15) is 0 Å². The molecule has 1 aromatic carbocycles. The van der Waals surface area contributed by atoms with E-state index in [0.717, 1.165) is 13.0 Å². The molecule has 0 atom stereocenters. The fourth-order valence-corrected chi connectivity index (χ4v) is 2.62. The molecule has 8 heteroatoms. The van der Waals surface area contributed by atoms with E-state index in [4.69, 9.17) is 16.8 Å². The van der Waals surface area contributed by atoms with E-state index in [-0.39, 0.29) is 4.90 Å². The zero-order valence-corrected chi connectivity index (χ0v) is 15.0. The standard InChI is InChI=1S/C15H25N3O3S2/c1-2-3-4-5-6-7-12-16-15(22)18-17-13-8-10-14(11-9-13)23(19,20)21/h8-11,17H,2-7,12H2,1H3,(H2,16,18,22)(H,19,20,21). The van der Waals surface area contributed by atoms with Gasteiger partial charge in [-0.3, -0.25) is 15.4 Å². The largest absolute Gasteiger partial charge is 0.361 e. The Hall–Kier alpha value is -1.38. The van der Waals surface area contributed by atoms with Crippen molar-refractivity contribution < 1.29 is 13.0 Å². The van der Waals surface area contributed by atoms with Gasteiger partial charge in [-0.25, -0.2) is 0 Å². The second-order valence-corrected chi connectivity index (χ2v) is 7.10. The lowest BCUT2D eigenvalue weighted by Crippen LogP contribution is -2.39. The highest BCUT2D eigenvalue weighted by Crippen LogP contribution is 2.12. The molecule has 0 unspecified atom stereocenters. The van der Waals surface area contributed by atoms with Crippen LogP contribution in [0.2, 0.25) is 0 Å². The number of hydrogen-bond donors (Lipinski definition) is 4. The van der Waals surface area contributed by atoms with E-state index in [2.05, 4.69) is 23.1 Å². The minimum Gasteiger partial charge on any atom is -0.361 e. The lowest BCUT2D eigenvalue weighted by Gasteiger charge is -2.12. The number of unbranched alkanes of at least 4 members (excludes halogenated alkanes) is 5. The van der Waals surface area contributed by atoms with Crippen LogP contribution in [0.4, 0.5) is 5.69 Å². The second kappa shape index (κ2) is 10.4. The van der Waals surface area contributed by atoms with E-state index in [1.165, 1.54) is 56.4 Å². The fraction of sp³-hybridized carbons (Fsp3) is 0.533. The molecule has 0 amide bonds. The number of hydrazine groups is 1. The summed E-state index contributed by atoms with van der Waals surface area (Å²) in [5, 5.41) is 3.59. The average molecular weight is 360 g/mol. The summed E-state index contributed by atoms with van der Waals surface area (Å²) >= 11 is 5.14. The molecule has 4 N–H and O–H groups in total. The van der Waals surface area contributed by atoms with Gasteiger partial charge in [0.15, 0.2) is 5.11 Å². The van der Waals surface area contributed by atoms with E-state index in [9.17, 15) is 8.42 Å². The van der Waals surface area contributed by atoms with Gasteiger partial charge in [-0.05, 0) is 42.9 Å². The van der Waals surface area contributed by atoms with Crippen molar-refractivity contribution in [2.45, 2.75) is 50.3 Å². The topological polar surface area (TPSA) is 90.5 Å². The fourth-order valence-electron chi connectivity index (χ4n) is 1.99. The third-order valence-corrected chi connectivity index (χ3v) is 4.40. The highest BCUT2D eigenvalue weighted by molar-refractivity contribution is 7.85. The monoisotopic (exact) mass is 359 g/mol. The SMILES string of the molecule is CCCCCCCCNC(=S)NNc1ccc(S(=O)(=O)O)cc1. The van der Waals surface area contributed by atoms with E-state index in [0.29, 0.717) is 10.8 Å². The maximum Gasteiger partial charge on any atom is 0.294 e. The number of rotatable bonds is 10. The molecular formula is C15H25N3O3S2. The molecule has 0 aliphatic rings.